The number of ether oxygens (including phenoxy) is 1. The van der Waals surface area contributed by atoms with Crippen LogP contribution >= 0.6 is 0 Å². The lowest BCUT2D eigenvalue weighted by atomic mass is 9.86. The van der Waals surface area contributed by atoms with E-state index in [2.05, 4.69) is 17.0 Å². The summed E-state index contributed by atoms with van der Waals surface area (Å²) in [6, 6.07) is 0. The quantitative estimate of drug-likeness (QED) is 0.328. The molecule has 0 aliphatic carbocycles. The van der Waals surface area contributed by atoms with Crippen LogP contribution in [0.15, 0.2) is 5.16 Å². The predicted molar refractivity (Wildman–Crippen MR) is 72.9 cm³/mol. The third-order valence-electron chi connectivity index (χ3n) is 3.76. The number of nitrogens with two attached hydrogens (primary N) is 1. The smallest absolute Gasteiger partial charge is 0.144 e. The fraction of sp³-hybridized carbons (Fsp3) is 0.923. The van der Waals surface area contributed by atoms with Crippen LogP contribution in [-0.4, -0.2) is 48.3 Å². The largest absolute Gasteiger partial charge is 0.409 e. The van der Waals surface area contributed by atoms with E-state index in [1.165, 1.54) is 0 Å². The van der Waals surface area contributed by atoms with E-state index in [1.807, 2.05) is 13.8 Å². The second-order valence-electron chi connectivity index (χ2n) is 5.67. The number of rotatable bonds is 6. The van der Waals surface area contributed by atoms with Gasteiger partial charge in [0.2, 0.25) is 0 Å². The molecule has 0 amide bonds. The number of hydrogen-bond acceptors (Lipinski definition) is 4. The number of morpholine rings is 1. The fourth-order valence-corrected chi connectivity index (χ4v) is 2.24. The van der Waals surface area contributed by atoms with E-state index in [0.717, 1.165) is 45.5 Å². The molecular formula is C13H27N3O2. The first-order valence-electron chi connectivity index (χ1n) is 6.81. The molecule has 5 heteroatoms. The van der Waals surface area contributed by atoms with Gasteiger partial charge in [-0.05, 0) is 25.8 Å². The van der Waals surface area contributed by atoms with Crippen molar-refractivity contribution in [2.45, 2.75) is 46.1 Å². The lowest BCUT2D eigenvalue weighted by Crippen LogP contribution is -2.43. The van der Waals surface area contributed by atoms with Gasteiger partial charge in [-0.25, -0.2) is 0 Å². The normalized spacial score (nSPS) is 23.3. The molecule has 1 atom stereocenters. The highest BCUT2D eigenvalue weighted by atomic mass is 16.5. The molecule has 0 radical (unpaired) electrons. The van der Waals surface area contributed by atoms with Crippen molar-refractivity contribution in [2.24, 2.45) is 16.3 Å². The zero-order valence-electron chi connectivity index (χ0n) is 11.9. The Labute approximate surface area is 110 Å². The summed E-state index contributed by atoms with van der Waals surface area (Å²) in [6.45, 7) is 10.1. The van der Waals surface area contributed by atoms with Crippen LogP contribution in [0.4, 0.5) is 0 Å². The molecule has 1 saturated heterocycles. The highest BCUT2D eigenvalue weighted by molar-refractivity contribution is 5.85. The molecule has 1 rings (SSSR count). The first-order valence-corrected chi connectivity index (χ1v) is 6.81. The van der Waals surface area contributed by atoms with E-state index in [-0.39, 0.29) is 5.41 Å². The minimum atomic E-state index is -0.231. The standard InChI is InChI=1S/C13H27N3O2/c1-4-11-10-16(8-9-18-11)7-5-6-13(2,3)12(14)15-17/h11,17H,4-10H2,1-3H3,(H2,14,15). The highest BCUT2D eigenvalue weighted by Crippen LogP contribution is 2.23. The first kappa shape index (κ1) is 15.2. The molecule has 0 aromatic carbocycles. The van der Waals surface area contributed by atoms with Gasteiger partial charge in [0.15, 0.2) is 0 Å². The van der Waals surface area contributed by atoms with Crippen LogP contribution in [0.2, 0.25) is 0 Å². The topological polar surface area (TPSA) is 71.1 Å². The SMILES string of the molecule is CCC1CN(CCCC(C)(C)C(N)=NO)CCO1. The van der Waals surface area contributed by atoms with Gasteiger partial charge < -0.3 is 15.7 Å². The maximum absolute atomic E-state index is 8.72. The van der Waals surface area contributed by atoms with Crippen molar-refractivity contribution in [3.63, 3.8) is 0 Å². The second kappa shape index (κ2) is 6.95. The third kappa shape index (κ3) is 4.46. The van der Waals surface area contributed by atoms with Gasteiger partial charge in [-0.3, -0.25) is 4.90 Å². The average molecular weight is 257 g/mol. The van der Waals surface area contributed by atoms with E-state index >= 15 is 0 Å². The van der Waals surface area contributed by atoms with Crippen LogP contribution in [0.25, 0.3) is 0 Å². The summed E-state index contributed by atoms with van der Waals surface area (Å²) in [5.74, 6) is 0.316. The van der Waals surface area contributed by atoms with Crippen molar-refractivity contribution in [1.82, 2.24) is 4.90 Å². The predicted octanol–water partition coefficient (Wildman–Crippen LogP) is 1.65. The van der Waals surface area contributed by atoms with Gasteiger partial charge >= 0.3 is 0 Å². The van der Waals surface area contributed by atoms with Crippen molar-refractivity contribution in [2.75, 3.05) is 26.2 Å². The molecule has 0 bridgehead atoms. The molecule has 106 valence electrons. The van der Waals surface area contributed by atoms with Crippen LogP contribution < -0.4 is 5.73 Å². The van der Waals surface area contributed by atoms with Gasteiger partial charge in [0.05, 0.1) is 12.7 Å². The lowest BCUT2D eigenvalue weighted by molar-refractivity contribution is -0.0303. The summed E-state index contributed by atoms with van der Waals surface area (Å²) in [4.78, 5) is 2.44. The Morgan fingerprint density at radius 3 is 2.89 bits per heavy atom. The summed E-state index contributed by atoms with van der Waals surface area (Å²) < 4.78 is 5.65. The molecule has 5 nitrogen and oxygen atoms in total. The number of amidine groups is 1. The van der Waals surface area contributed by atoms with Crippen molar-refractivity contribution in [3.05, 3.63) is 0 Å². The number of oxime groups is 1. The number of hydrogen-bond donors (Lipinski definition) is 2. The van der Waals surface area contributed by atoms with Crippen molar-refractivity contribution in [3.8, 4) is 0 Å². The Morgan fingerprint density at radius 1 is 1.56 bits per heavy atom. The lowest BCUT2D eigenvalue weighted by Gasteiger charge is -2.33. The van der Waals surface area contributed by atoms with E-state index in [4.69, 9.17) is 15.7 Å². The van der Waals surface area contributed by atoms with E-state index in [9.17, 15) is 0 Å². The van der Waals surface area contributed by atoms with Gasteiger partial charge in [0.1, 0.15) is 5.84 Å². The maximum atomic E-state index is 8.72. The summed E-state index contributed by atoms with van der Waals surface area (Å²) in [5, 5.41) is 11.8. The summed E-state index contributed by atoms with van der Waals surface area (Å²) >= 11 is 0. The Balaban J connectivity index is 2.29. The van der Waals surface area contributed by atoms with Gasteiger partial charge in [0, 0.05) is 18.5 Å². The Bertz CT molecular complexity index is 279. The average Bonchev–Trinajstić information content (AvgIpc) is 2.37. The third-order valence-corrected chi connectivity index (χ3v) is 3.76. The molecule has 0 aromatic heterocycles. The Kier molecular flexibility index (Phi) is 5.88. The molecule has 1 heterocycles. The van der Waals surface area contributed by atoms with Crippen LogP contribution in [0.1, 0.15) is 40.0 Å². The molecule has 1 aliphatic rings. The van der Waals surface area contributed by atoms with Crippen molar-refractivity contribution in [1.29, 1.82) is 0 Å². The van der Waals surface area contributed by atoms with Crippen LogP contribution in [-0.2, 0) is 4.74 Å². The molecular weight excluding hydrogens is 230 g/mol. The van der Waals surface area contributed by atoms with Crippen molar-refractivity contribution >= 4 is 5.84 Å². The highest BCUT2D eigenvalue weighted by Gasteiger charge is 2.24. The molecule has 0 saturated carbocycles. The maximum Gasteiger partial charge on any atom is 0.144 e. The molecule has 1 aliphatic heterocycles. The Morgan fingerprint density at radius 2 is 2.28 bits per heavy atom. The first-order chi connectivity index (χ1) is 8.49. The molecule has 1 fully saturated rings. The minimum Gasteiger partial charge on any atom is -0.409 e. The molecule has 0 aromatic rings. The Hall–Kier alpha value is -0.810. The summed E-state index contributed by atoms with van der Waals surface area (Å²) in [5.41, 5.74) is 5.45. The van der Waals surface area contributed by atoms with Gasteiger partial charge in [-0.2, -0.15) is 0 Å². The van der Waals surface area contributed by atoms with Crippen LogP contribution in [0.3, 0.4) is 0 Å². The molecule has 0 spiro atoms. The monoisotopic (exact) mass is 257 g/mol. The molecule has 3 N–H and O–H groups in total. The zero-order valence-corrected chi connectivity index (χ0v) is 11.9. The molecule has 18 heavy (non-hydrogen) atoms. The van der Waals surface area contributed by atoms with Gasteiger partial charge in [-0.15, -0.1) is 0 Å². The summed E-state index contributed by atoms with van der Waals surface area (Å²) in [6.07, 6.45) is 3.44. The van der Waals surface area contributed by atoms with Crippen molar-refractivity contribution < 1.29 is 9.94 Å². The van der Waals surface area contributed by atoms with E-state index in [0.29, 0.717) is 11.9 Å². The van der Waals surface area contributed by atoms with E-state index in [1.54, 1.807) is 0 Å². The van der Waals surface area contributed by atoms with E-state index < -0.39 is 0 Å². The molecule has 1 unspecified atom stereocenters. The van der Waals surface area contributed by atoms with Gasteiger partial charge in [-0.1, -0.05) is 25.9 Å². The zero-order chi connectivity index (χ0) is 13.6. The minimum absolute atomic E-state index is 0.231. The number of nitrogens with zero attached hydrogens (tertiary/aromatic N) is 2. The summed E-state index contributed by atoms with van der Waals surface area (Å²) in [7, 11) is 0. The van der Waals surface area contributed by atoms with Crippen LogP contribution in [0, 0.1) is 5.41 Å². The van der Waals surface area contributed by atoms with Gasteiger partial charge in [0.25, 0.3) is 0 Å². The second-order valence-corrected chi connectivity index (χ2v) is 5.67. The van der Waals surface area contributed by atoms with Crippen LogP contribution in [0.5, 0.6) is 0 Å². The fourth-order valence-electron chi connectivity index (χ4n) is 2.24.